The molecule has 2 heterocycles. The molecule has 1 saturated heterocycles. The van der Waals surface area contributed by atoms with Crippen LogP contribution < -0.4 is 10.2 Å². The van der Waals surface area contributed by atoms with Crippen LogP contribution in [0, 0.1) is 6.92 Å². The highest BCUT2D eigenvalue weighted by molar-refractivity contribution is 5.55. The molecular weight excluding hydrogens is 234 g/mol. The third kappa shape index (κ3) is 3.69. The molecule has 1 fully saturated rings. The minimum atomic E-state index is 0.138. The van der Waals surface area contributed by atoms with Crippen LogP contribution in [0.4, 0.5) is 5.69 Å². The third-order valence-electron chi connectivity index (χ3n) is 3.77. The van der Waals surface area contributed by atoms with Crippen molar-refractivity contribution < 1.29 is 0 Å². The molecule has 0 aromatic carbocycles. The van der Waals surface area contributed by atoms with Crippen molar-refractivity contribution in [1.29, 1.82) is 0 Å². The molecule has 19 heavy (non-hydrogen) atoms. The van der Waals surface area contributed by atoms with Crippen molar-refractivity contribution in [2.24, 2.45) is 0 Å². The van der Waals surface area contributed by atoms with Crippen LogP contribution in [-0.2, 0) is 6.54 Å². The van der Waals surface area contributed by atoms with E-state index in [9.17, 15) is 0 Å². The van der Waals surface area contributed by atoms with Gasteiger partial charge in [0.05, 0.1) is 0 Å². The molecule has 1 aromatic rings. The Hall–Kier alpha value is -1.09. The Balaban J connectivity index is 2.22. The summed E-state index contributed by atoms with van der Waals surface area (Å²) < 4.78 is 0. The molecule has 1 atom stereocenters. The fourth-order valence-electron chi connectivity index (χ4n) is 2.63. The lowest BCUT2D eigenvalue weighted by Gasteiger charge is -2.28. The summed E-state index contributed by atoms with van der Waals surface area (Å²) in [5.41, 5.74) is 3.93. The Labute approximate surface area is 117 Å². The van der Waals surface area contributed by atoms with E-state index in [1.165, 1.54) is 30.6 Å². The molecule has 0 spiro atoms. The highest BCUT2D eigenvalue weighted by Gasteiger charge is 2.23. The number of rotatable bonds is 3. The minimum Gasteiger partial charge on any atom is -0.368 e. The van der Waals surface area contributed by atoms with E-state index in [0.29, 0.717) is 6.04 Å². The standard InChI is InChI=1S/C16H27N3/c1-12-9-15(19-8-6-7-13(19)2)14(10-17-12)11-18-16(3,4)5/h9-10,13,18H,6-8,11H2,1-5H3. The Bertz CT molecular complexity index is 434. The molecule has 0 bridgehead atoms. The summed E-state index contributed by atoms with van der Waals surface area (Å²) in [5.74, 6) is 0. The molecule has 0 radical (unpaired) electrons. The van der Waals surface area contributed by atoms with Crippen molar-refractivity contribution >= 4 is 5.69 Å². The average Bonchev–Trinajstić information content (AvgIpc) is 2.72. The van der Waals surface area contributed by atoms with Gasteiger partial charge in [0.2, 0.25) is 0 Å². The number of nitrogens with zero attached hydrogens (tertiary/aromatic N) is 2. The van der Waals surface area contributed by atoms with Gasteiger partial charge in [-0.3, -0.25) is 4.98 Å². The molecule has 1 aromatic heterocycles. The van der Waals surface area contributed by atoms with Gasteiger partial charge >= 0.3 is 0 Å². The summed E-state index contributed by atoms with van der Waals surface area (Å²) in [6.45, 7) is 13.1. The molecule has 1 aliphatic heterocycles. The van der Waals surface area contributed by atoms with Gasteiger partial charge in [-0.15, -0.1) is 0 Å². The zero-order valence-corrected chi connectivity index (χ0v) is 13.0. The minimum absolute atomic E-state index is 0.138. The van der Waals surface area contributed by atoms with Crippen LogP contribution in [0.1, 0.15) is 51.8 Å². The molecule has 0 aliphatic carbocycles. The van der Waals surface area contributed by atoms with Gasteiger partial charge in [-0.2, -0.15) is 0 Å². The van der Waals surface area contributed by atoms with Crippen molar-refractivity contribution in [2.75, 3.05) is 11.4 Å². The zero-order chi connectivity index (χ0) is 14.0. The summed E-state index contributed by atoms with van der Waals surface area (Å²) in [6.07, 6.45) is 4.64. The average molecular weight is 261 g/mol. The molecule has 0 amide bonds. The first-order chi connectivity index (χ1) is 8.87. The predicted octanol–water partition coefficient (Wildman–Crippen LogP) is 3.27. The van der Waals surface area contributed by atoms with E-state index in [1.807, 2.05) is 6.20 Å². The van der Waals surface area contributed by atoms with Gasteiger partial charge in [-0.05, 0) is 53.5 Å². The highest BCUT2D eigenvalue weighted by Crippen LogP contribution is 2.29. The van der Waals surface area contributed by atoms with Crippen LogP contribution in [0.5, 0.6) is 0 Å². The van der Waals surface area contributed by atoms with Gasteiger partial charge < -0.3 is 10.2 Å². The monoisotopic (exact) mass is 261 g/mol. The summed E-state index contributed by atoms with van der Waals surface area (Å²) >= 11 is 0. The molecule has 0 saturated carbocycles. The van der Waals surface area contributed by atoms with E-state index in [4.69, 9.17) is 0 Å². The Morgan fingerprint density at radius 3 is 2.74 bits per heavy atom. The number of hydrogen-bond donors (Lipinski definition) is 1. The van der Waals surface area contributed by atoms with Crippen LogP contribution in [0.3, 0.4) is 0 Å². The van der Waals surface area contributed by atoms with E-state index in [0.717, 1.165) is 12.2 Å². The number of hydrogen-bond acceptors (Lipinski definition) is 3. The second-order valence-electron chi connectivity index (χ2n) is 6.74. The smallest absolute Gasteiger partial charge is 0.0447 e. The lowest BCUT2D eigenvalue weighted by molar-refractivity contribution is 0.424. The number of aromatic nitrogens is 1. The van der Waals surface area contributed by atoms with E-state index in [-0.39, 0.29) is 5.54 Å². The summed E-state index contributed by atoms with van der Waals surface area (Å²) in [6, 6.07) is 2.89. The second-order valence-corrected chi connectivity index (χ2v) is 6.74. The Morgan fingerprint density at radius 1 is 1.42 bits per heavy atom. The normalized spacial score (nSPS) is 20.1. The van der Waals surface area contributed by atoms with Crippen LogP contribution in [0.2, 0.25) is 0 Å². The quantitative estimate of drug-likeness (QED) is 0.905. The Morgan fingerprint density at radius 2 is 2.16 bits per heavy atom. The lowest BCUT2D eigenvalue weighted by atomic mass is 10.1. The largest absolute Gasteiger partial charge is 0.368 e. The van der Waals surface area contributed by atoms with Gasteiger partial charge in [0, 0.05) is 47.8 Å². The summed E-state index contributed by atoms with van der Waals surface area (Å²) in [5, 5.41) is 3.57. The first kappa shape index (κ1) is 14.3. The SMILES string of the molecule is Cc1cc(N2CCCC2C)c(CNC(C)(C)C)cn1. The van der Waals surface area contributed by atoms with E-state index < -0.39 is 0 Å². The van der Waals surface area contributed by atoms with Crippen LogP contribution in [0.25, 0.3) is 0 Å². The van der Waals surface area contributed by atoms with E-state index in [1.54, 1.807) is 0 Å². The van der Waals surface area contributed by atoms with Crippen LogP contribution in [0.15, 0.2) is 12.3 Å². The van der Waals surface area contributed by atoms with Gasteiger partial charge in [-0.25, -0.2) is 0 Å². The maximum atomic E-state index is 4.47. The molecule has 3 nitrogen and oxygen atoms in total. The summed E-state index contributed by atoms with van der Waals surface area (Å²) in [4.78, 5) is 7.01. The molecule has 1 aliphatic rings. The molecule has 1 N–H and O–H groups in total. The molecule has 2 rings (SSSR count). The molecular formula is C16H27N3. The number of pyridine rings is 1. The summed E-state index contributed by atoms with van der Waals surface area (Å²) in [7, 11) is 0. The van der Waals surface area contributed by atoms with Crippen molar-refractivity contribution in [3.05, 3.63) is 23.5 Å². The van der Waals surface area contributed by atoms with Crippen molar-refractivity contribution in [1.82, 2.24) is 10.3 Å². The van der Waals surface area contributed by atoms with Gasteiger partial charge in [0.1, 0.15) is 0 Å². The van der Waals surface area contributed by atoms with Gasteiger partial charge in [0.25, 0.3) is 0 Å². The van der Waals surface area contributed by atoms with Crippen molar-refractivity contribution in [2.45, 2.75) is 65.6 Å². The fourth-order valence-corrected chi connectivity index (χ4v) is 2.63. The maximum absolute atomic E-state index is 4.47. The zero-order valence-electron chi connectivity index (χ0n) is 13.0. The third-order valence-corrected chi connectivity index (χ3v) is 3.77. The van der Waals surface area contributed by atoms with Crippen molar-refractivity contribution in [3.8, 4) is 0 Å². The number of aryl methyl sites for hydroxylation is 1. The van der Waals surface area contributed by atoms with Crippen LogP contribution >= 0.6 is 0 Å². The topological polar surface area (TPSA) is 28.2 Å². The van der Waals surface area contributed by atoms with Crippen LogP contribution in [-0.4, -0.2) is 23.1 Å². The molecule has 106 valence electrons. The van der Waals surface area contributed by atoms with Gasteiger partial charge in [0.15, 0.2) is 0 Å². The maximum Gasteiger partial charge on any atom is 0.0447 e. The first-order valence-electron chi connectivity index (χ1n) is 7.34. The molecule has 3 heteroatoms. The van der Waals surface area contributed by atoms with Gasteiger partial charge in [-0.1, -0.05) is 0 Å². The van der Waals surface area contributed by atoms with E-state index in [2.05, 4.69) is 55.9 Å². The Kier molecular flexibility index (Phi) is 4.14. The van der Waals surface area contributed by atoms with E-state index >= 15 is 0 Å². The lowest BCUT2D eigenvalue weighted by Crippen LogP contribution is -2.36. The predicted molar refractivity (Wildman–Crippen MR) is 81.6 cm³/mol. The number of nitrogens with one attached hydrogen (secondary N) is 1. The van der Waals surface area contributed by atoms with Crippen molar-refractivity contribution in [3.63, 3.8) is 0 Å². The number of anilines is 1. The first-order valence-corrected chi connectivity index (χ1v) is 7.34. The second kappa shape index (κ2) is 5.49. The fraction of sp³-hybridized carbons (Fsp3) is 0.688. The highest BCUT2D eigenvalue weighted by atomic mass is 15.2. The molecule has 1 unspecified atom stereocenters.